The van der Waals surface area contributed by atoms with Crippen molar-refractivity contribution in [3.63, 3.8) is 0 Å². The number of nitrogens with one attached hydrogen (secondary N) is 1. The number of non-ortho nitro benzene ring substituents is 1. The van der Waals surface area contributed by atoms with Crippen molar-refractivity contribution in [3.05, 3.63) is 79.8 Å². The number of carbonyl (C=O) groups excluding carboxylic acids is 1. The fourth-order valence-corrected chi connectivity index (χ4v) is 2.55. The van der Waals surface area contributed by atoms with E-state index >= 15 is 0 Å². The summed E-state index contributed by atoms with van der Waals surface area (Å²) < 4.78 is 12.1. The summed E-state index contributed by atoms with van der Waals surface area (Å²) in [5.74, 6) is 0.139. The summed E-state index contributed by atoms with van der Waals surface area (Å²) in [5.41, 5.74) is -0.239. The molecule has 0 fully saturated rings. The van der Waals surface area contributed by atoms with Gasteiger partial charge in [0.1, 0.15) is 23.9 Å². The van der Waals surface area contributed by atoms with Crippen LogP contribution in [0, 0.1) is 13.7 Å². The van der Waals surface area contributed by atoms with Crippen molar-refractivity contribution in [2.75, 3.05) is 5.32 Å². The van der Waals surface area contributed by atoms with Gasteiger partial charge in [-0.2, -0.15) is 0 Å². The molecule has 0 aliphatic carbocycles. The molecule has 8 nitrogen and oxygen atoms in total. The van der Waals surface area contributed by atoms with Crippen molar-refractivity contribution < 1.29 is 24.0 Å². The van der Waals surface area contributed by atoms with Gasteiger partial charge in [-0.05, 0) is 65.1 Å². The molecule has 0 saturated carbocycles. The lowest BCUT2D eigenvalue weighted by Crippen LogP contribution is -2.11. The Bertz CT molecular complexity index is 984. The predicted molar refractivity (Wildman–Crippen MR) is 105 cm³/mol. The zero-order valence-electron chi connectivity index (χ0n) is 13.7. The molecule has 3 aromatic rings. The highest BCUT2D eigenvalue weighted by Crippen LogP contribution is 2.28. The first-order chi connectivity index (χ1) is 12.9. The van der Waals surface area contributed by atoms with Gasteiger partial charge in [0.05, 0.1) is 16.7 Å². The molecule has 27 heavy (non-hydrogen) atoms. The molecule has 0 unspecified atom stereocenters. The van der Waals surface area contributed by atoms with Gasteiger partial charge < -0.3 is 19.6 Å². The Morgan fingerprint density at radius 1 is 1.19 bits per heavy atom. The highest BCUT2D eigenvalue weighted by atomic mass is 127. The van der Waals surface area contributed by atoms with Crippen LogP contribution < -0.4 is 10.1 Å². The third-order valence-electron chi connectivity index (χ3n) is 3.52. The number of hydrogen-bond donors (Lipinski definition) is 2. The molecule has 0 atom stereocenters. The average molecular weight is 480 g/mol. The molecule has 0 aliphatic rings. The third kappa shape index (κ3) is 4.76. The van der Waals surface area contributed by atoms with Gasteiger partial charge in [0.2, 0.25) is 0 Å². The fraction of sp³-hybridized carbons (Fsp3) is 0.0556. The number of aromatic hydroxyl groups is 1. The lowest BCUT2D eigenvalue weighted by atomic mass is 10.2. The first kappa shape index (κ1) is 18.7. The van der Waals surface area contributed by atoms with Gasteiger partial charge >= 0.3 is 0 Å². The van der Waals surface area contributed by atoms with Crippen molar-refractivity contribution in [1.29, 1.82) is 0 Å². The van der Waals surface area contributed by atoms with Crippen molar-refractivity contribution in [2.45, 2.75) is 6.61 Å². The Hall–Kier alpha value is -3.08. The maximum Gasteiger partial charge on any atom is 0.291 e. The number of phenolic OH excluding ortho intramolecular Hbond substituents is 1. The number of nitro benzene ring substituents is 1. The van der Waals surface area contributed by atoms with Crippen molar-refractivity contribution in [1.82, 2.24) is 0 Å². The molecule has 0 aliphatic heterocycles. The number of anilines is 1. The van der Waals surface area contributed by atoms with E-state index in [1.54, 1.807) is 6.07 Å². The highest BCUT2D eigenvalue weighted by molar-refractivity contribution is 14.1. The topological polar surface area (TPSA) is 115 Å². The quantitative estimate of drug-likeness (QED) is 0.235. The summed E-state index contributed by atoms with van der Waals surface area (Å²) in [6, 6.07) is 13.9. The minimum absolute atomic E-state index is 0.0222. The van der Waals surface area contributed by atoms with E-state index in [4.69, 9.17) is 9.15 Å². The Labute approximate surface area is 167 Å². The molecule has 9 heteroatoms. The largest absolute Gasteiger partial charge is 0.506 e. The first-order valence-electron chi connectivity index (χ1n) is 7.68. The number of nitro groups is 1. The molecule has 0 saturated heterocycles. The Balaban J connectivity index is 1.63. The molecule has 3 rings (SSSR count). The number of halogens is 1. The van der Waals surface area contributed by atoms with E-state index < -0.39 is 16.6 Å². The van der Waals surface area contributed by atoms with Crippen LogP contribution in [0.3, 0.4) is 0 Å². The van der Waals surface area contributed by atoms with Crippen LogP contribution in [0.25, 0.3) is 0 Å². The lowest BCUT2D eigenvalue weighted by Gasteiger charge is -2.06. The Kier molecular flexibility index (Phi) is 5.60. The second kappa shape index (κ2) is 8.08. The van der Waals surface area contributed by atoms with E-state index in [2.05, 4.69) is 27.9 Å². The molecule has 0 radical (unpaired) electrons. The standard InChI is InChI=1S/C18H13IN2O6/c19-11-1-4-13(5-2-11)26-10-14-6-8-17(27-14)18(23)20-15-7-3-12(21(24)25)9-16(15)22/h1-9,22H,10H2,(H,20,23). The van der Waals surface area contributed by atoms with Crippen LogP contribution in [-0.4, -0.2) is 15.9 Å². The summed E-state index contributed by atoms with van der Waals surface area (Å²) in [4.78, 5) is 22.2. The first-order valence-corrected chi connectivity index (χ1v) is 8.76. The Morgan fingerprint density at radius 3 is 2.59 bits per heavy atom. The molecule has 1 aromatic heterocycles. The minimum Gasteiger partial charge on any atom is -0.506 e. The summed E-state index contributed by atoms with van der Waals surface area (Å²) in [7, 11) is 0. The van der Waals surface area contributed by atoms with E-state index in [-0.39, 0.29) is 23.7 Å². The molecule has 1 heterocycles. The monoisotopic (exact) mass is 480 g/mol. The van der Waals surface area contributed by atoms with Crippen LogP contribution in [0.2, 0.25) is 0 Å². The van der Waals surface area contributed by atoms with Gasteiger partial charge in [0.15, 0.2) is 5.76 Å². The van der Waals surface area contributed by atoms with Gasteiger partial charge in [-0.25, -0.2) is 0 Å². The predicted octanol–water partition coefficient (Wildman–Crippen LogP) is 4.33. The van der Waals surface area contributed by atoms with Gasteiger partial charge in [-0.1, -0.05) is 0 Å². The normalized spacial score (nSPS) is 10.4. The smallest absolute Gasteiger partial charge is 0.291 e. The van der Waals surface area contributed by atoms with E-state index in [0.29, 0.717) is 11.5 Å². The summed E-state index contributed by atoms with van der Waals surface area (Å²) in [6.45, 7) is 0.149. The summed E-state index contributed by atoms with van der Waals surface area (Å²) in [5, 5.41) is 22.9. The molecule has 0 bridgehead atoms. The zero-order chi connectivity index (χ0) is 19.4. The molecular weight excluding hydrogens is 467 g/mol. The van der Waals surface area contributed by atoms with E-state index in [1.165, 1.54) is 18.2 Å². The molecule has 0 spiro atoms. The van der Waals surface area contributed by atoms with Gasteiger partial charge in [0.25, 0.3) is 11.6 Å². The fourth-order valence-electron chi connectivity index (χ4n) is 2.19. The van der Waals surface area contributed by atoms with Gasteiger partial charge in [-0.15, -0.1) is 0 Å². The maximum atomic E-state index is 12.2. The van der Waals surface area contributed by atoms with Crippen LogP contribution in [0.4, 0.5) is 11.4 Å². The second-order valence-electron chi connectivity index (χ2n) is 5.42. The van der Waals surface area contributed by atoms with Crippen molar-refractivity contribution >= 4 is 39.9 Å². The minimum atomic E-state index is -0.641. The van der Waals surface area contributed by atoms with Crippen LogP contribution >= 0.6 is 22.6 Å². The molecular formula is C18H13IN2O6. The average Bonchev–Trinajstić information content (AvgIpc) is 3.12. The third-order valence-corrected chi connectivity index (χ3v) is 4.24. The zero-order valence-corrected chi connectivity index (χ0v) is 15.9. The molecule has 138 valence electrons. The number of ether oxygens (including phenoxy) is 1. The van der Waals surface area contributed by atoms with Gasteiger partial charge in [0, 0.05) is 9.64 Å². The number of hydrogen-bond acceptors (Lipinski definition) is 6. The maximum absolute atomic E-state index is 12.2. The molecule has 1 amide bonds. The lowest BCUT2D eigenvalue weighted by molar-refractivity contribution is -0.384. The van der Waals surface area contributed by atoms with Crippen LogP contribution in [-0.2, 0) is 6.61 Å². The highest BCUT2D eigenvalue weighted by Gasteiger charge is 2.16. The number of rotatable bonds is 6. The van der Waals surface area contributed by atoms with E-state index in [1.807, 2.05) is 24.3 Å². The van der Waals surface area contributed by atoms with Crippen LogP contribution in [0.15, 0.2) is 59.0 Å². The van der Waals surface area contributed by atoms with E-state index in [0.717, 1.165) is 9.64 Å². The molecule has 2 aromatic carbocycles. The van der Waals surface area contributed by atoms with Gasteiger partial charge in [-0.3, -0.25) is 14.9 Å². The summed E-state index contributed by atoms with van der Waals surface area (Å²) in [6.07, 6.45) is 0. The van der Waals surface area contributed by atoms with Crippen molar-refractivity contribution in [3.8, 4) is 11.5 Å². The van der Waals surface area contributed by atoms with Crippen molar-refractivity contribution in [2.24, 2.45) is 0 Å². The number of amides is 1. The Morgan fingerprint density at radius 2 is 1.93 bits per heavy atom. The van der Waals surface area contributed by atoms with Crippen LogP contribution in [0.1, 0.15) is 16.3 Å². The van der Waals surface area contributed by atoms with Crippen LogP contribution in [0.5, 0.6) is 11.5 Å². The number of nitrogens with zero attached hydrogens (tertiary/aromatic N) is 1. The molecule has 2 N–H and O–H groups in total. The SMILES string of the molecule is O=C(Nc1ccc([N+](=O)[O-])cc1O)c1ccc(COc2ccc(I)cc2)o1. The number of furan rings is 1. The second-order valence-corrected chi connectivity index (χ2v) is 6.67. The van der Waals surface area contributed by atoms with E-state index in [9.17, 15) is 20.0 Å². The number of phenols is 1. The number of benzene rings is 2. The number of carbonyl (C=O) groups is 1. The summed E-state index contributed by atoms with van der Waals surface area (Å²) >= 11 is 2.19.